The minimum atomic E-state index is -4.66. The maximum atomic E-state index is 12.1. The number of alkyl halides is 3. The molecule has 0 aromatic heterocycles. The minimum absolute atomic E-state index is 0.0127. The van der Waals surface area contributed by atoms with Crippen LogP contribution in [-0.2, 0) is 4.65 Å². The molecule has 0 spiro atoms. The topological polar surface area (TPSA) is 18.5 Å². The van der Waals surface area contributed by atoms with Crippen LogP contribution in [0.2, 0.25) is 6.32 Å². The summed E-state index contributed by atoms with van der Waals surface area (Å²) in [5, 5.41) is 0. The van der Waals surface area contributed by atoms with Crippen LogP contribution in [0, 0.1) is 5.41 Å². The van der Waals surface area contributed by atoms with Gasteiger partial charge in [0.25, 0.3) is 0 Å². The SMILES string of the molecule is CC1(C)CB(c2ccc(OC(F)(F)F)cc2)OC1(C)C. The Bertz CT molecular complexity index is 464. The van der Waals surface area contributed by atoms with Gasteiger partial charge in [-0.3, -0.25) is 0 Å². The Morgan fingerprint density at radius 2 is 1.65 bits per heavy atom. The van der Waals surface area contributed by atoms with E-state index in [1.165, 1.54) is 12.1 Å². The van der Waals surface area contributed by atoms with Gasteiger partial charge in [0.1, 0.15) is 5.75 Å². The van der Waals surface area contributed by atoms with Crippen LogP contribution in [0.15, 0.2) is 24.3 Å². The molecule has 20 heavy (non-hydrogen) atoms. The Hall–Kier alpha value is -1.17. The van der Waals surface area contributed by atoms with E-state index < -0.39 is 6.36 Å². The predicted molar refractivity (Wildman–Crippen MR) is 72.3 cm³/mol. The summed E-state index contributed by atoms with van der Waals surface area (Å²) in [5.74, 6) is -0.210. The van der Waals surface area contributed by atoms with Crippen molar-refractivity contribution in [2.45, 2.75) is 46.0 Å². The first-order valence-electron chi connectivity index (χ1n) is 6.54. The van der Waals surface area contributed by atoms with Gasteiger partial charge < -0.3 is 9.39 Å². The van der Waals surface area contributed by atoms with E-state index in [1.807, 2.05) is 13.8 Å². The quantitative estimate of drug-likeness (QED) is 0.773. The molecule has 1 fully saturated rings. The van der Waals surface area contributed by atoms with Crippen molar-refractivity contribution in [3.05, 3.63) is 24.3 Å². The highest BCUT2D eigenvalue weighted by molar-refractivity contribution is 6.68. The van der Waals surface area contributed by atoms with Gasteiger partial charge in [-0.2, -0.15) is 0 Å². The lowest BCUT2D eigenvalue weighted by Crippen LogP contribution is -2.36. The van der Waals surface area contributed by atoms with E-state index in [0.717, 1.165) is 11.8 Å². The van der Waals surface area contributed by atoms with Gasteiger partial charge in [-0.15, -0.1) is 13.2 Å². The highest BCUT2D eigenvalue weighted by Gasteiger charge is 2.49. The number of rotatable bonds is 2. The standard InChI is InChI=1S/C14H18BF3O2/c1-12(2)9-15(20-13(12,3)4)10-5-7-11(8-6-10)19-14(16,17)18/h5-8H,9H2,1-4H3. The average molecular weight is 286 g/mol. The molecule has 1 heterocycles. The van der Waals surface area contributed by atoms with Gasteiger partial charge in [-0.05, 0) is 43.2 Å². The lowest BCUT2D eigenvalue weighted by molar-refractivity contribution is -0.274. The summed E-state index contributed by atoms with van der Waals surface area (Å²) in [6, 6.07) is 5.90. The maximum Gasteiger partial charge on any atom is 0.573 e. The molecule has 1 aliphatic heterocycles. The van der Waals surface area contributed by atoms with Crippen molar-refractivity contribution in [2.75, 3.05) is 0 Å². The third-order valence-electron chi connectivity index (χ3n) is 4.25. The van der Waals surface area contributed by atoms with E-state index in [-0.39, 0.29) is 23.7 Å². The van der Waals surface area contributed by atoms with Crippen LogP contribution in [0.4, 0.5) is 13.2 Å². The van der Waals surface area contributed by atoms with E-state index in [0.29, 0.717) is 0 Å². The minimum Gasteiger partial charge on any atom is -0.426 e. The Morgan fingerprint density at radius 3 is 2.05 bits per heavy atom. The molecule has 1 aliphatic rings. The predicted octanol–water partition coefficient (Wildman–Crippen LogP) is 3.62. The number of hydrogen-bond acceptors (Lipinski definition) is 2. The molecule has 0 N–H and O–H groups in total. The third-order valence-corrected chi connectivity index (χ3v) is 4.25. The first-order chi connectivity index (χ1) is 9.00. The first kappa shape index (κ1) is 15.2. The second kappa shape index (κ2) is 4.69. The van der Waals surface area contributed by atoms with Gasteiger partial charge in [0.15, 0.2) is 0 Å². The summed E-state index contributed by atoms with van der Waals surface area (Å²) < 4.78 is 46.2. The van der Waals surface area contributed by atoms with E-state index in [9.17, 15) is 13.2 Å². The van der Waals surface area contributed by atoms with Gasteiger partial charge in [0.2, 0.25) is 0 Å². The van der Waals surface area contributed by atoms with Gasteiger partial charge in [0.05, 0.1) is 5.60 Å². The highest BCUT2D eigenvalue weighted by Crippen LogP contribution is 2.45. The molecule has 0 amide bonds. The molecule has 0 atom stereocenters. The molecule has 0 unspecified atom stereocenters. The Balaban J connectivity index is 2.12. The van der Waals surface area contributed by atoms with Crippen LogP contribution < -0.4 is 10.2 Å². The number of halogens is 3. The van der Waals surface area contributed by atoms with Gasteiger partial charge in [0, 0.05) is 0 Å². The van der Waals surface area contributed by atoms with Gasteiger partial charge >= 0.3 is 13.3 Å². The van der Waals surface area contributed by atoms with Crippen LogP contribution >= 0.6 is 0 Å². The van der Waals surface area contributed by atoms with Crippen molar-refractivity contribution >= 4 is 12.4 Å². The van der Waals surface area contributed by atoms with Gasteiger partial charge in [-0.25, -0.2) is 0 Å². The molecule has 1 saturated heterocycles. The molecule has 1 aromatic rings. The molecule has 2 rings (SSSR count). The van der Waals surface area contributed by atoms with Crippen LogP contribution in [0.25, 0.3) is 0 Å². The summed E-state index contributed by atoms with van der Waals surface area (Å²) >= 11 is 0. The second-order valence-corrected chi connectivity index (χ2v) is 6.32. The van der Waals surface area contributed by atoms with Gasteiger partial charge in [-0.1, -0.05) is 26.0 Å². The Kier molecular flexibility index (Phi) is 3.57. The Labute approximate surface area is 117 Å². The molecule has 0 saturated carbocycles. The molecule has 0 bridgehead atoms. The fourth-order valence-corrected chi connectivity index (χ4v) is 2.34. The molecule has 1 aromatic carbocycles. The van der Waals surface area contributed by atoms with Crippen LogP contribution in [0.1, 0.15) is 27.7 Å². The molecule has 6 heteroatoms. The van der Waals surface area contributed by atoms with Crippen LogP contribution in [0.5, 0.6) is 5.75 Å². The second-order valence-electron chi connectivity index (χ2n) is 6.32. The normalized spacial score (nSPS) is 21.1. The molecular formula is C14H18BF3O2. The average Bonchev–Trinajstić information content (AvgIpc) is 2.47. The number of benzene rings is 1. The Morgan fingerprint density at radius 1 is 1.10 bits per heavy atom. The van der Waals surface area contributed by atoms with E-state index in [4.69, 9.17) is 4.65 Å². The zero-order chi connectivity index (χ0) is 15.2. The molecule has 0 radical (unpaired) electrons. The van der Waals surface area contributed by atoms with E-state index in [2.05, 4.69) is 18.6 Å². The van der Waals surface area contributed by atoms with Crippen molar-refractivity contribution in [2.24, 2.45) is 5.41 Å². The third kappa shape index (κ3) is 3.11. The zero-order valence-electron chi connectivity index (χ0n) is 12.0. The summed E-state index contributed by atoms with van der Waals surface area (Å²) in [6.07, 6.45) is -3.82. The van der Waals surface area contributed by atoms with Crippen molar-refractivity contribution in [1.82, 2.24) is 0 Å². The lowest BCUT2D eigenvalue weighted by atomic mass is 9.54. The molecule has 110 valence electrons. The summed E-state index contributed by atoms with van der Waals surface area (Å²) in [4.78, 5) is 0. The summed E-state index contributed by atoms with van der Waals surface area (Å²) in [6.45, 7) is 8.24. The first-order valence-corrected chi connectivity index (χ1v) is 6.54. The van der Waals surface area contributed by atoms with E-state index in [1.54, 1.807) is 12.1 Å². The number of ether oxygens (including phenoxy) is 1. The fraction of sp³-hybridized carbons (Fsp3) is 0.571. The van der Waals surface area contributed by atoms with E-state index >= 15 is 0 Å². The smallest absolute Gasteiger partial charge is 0.426 e. The lowest BCUT2D eigenvalue weighted by Gasteiger charge is -2.34. The van der Waals surface area contributed by atoms with Crippen LogP contribution in [-0.4, -0.2) is 18.9 Å². The summed E-state index contributed by atoms with van der Waals surface area (Å²) in [5.41, 5.74) is 0.621. The summed E-state index contributed by atoms with van der Waals surface area (Å²) in [7, 11) is 0. The molecule has 0 aliphatic carbocycles. The zero-order valence-corrected chi connectivity index (χ0v) is 12.0. The largest absolute Gasteiger partial charge is 0.573 e. The number of hydrogen-bond donors (Lipinski definition) is 0. The van der Waals surface area contributed by atoms with Crippen molar-refractivity contribution in [3.63, 3.8) is 0 Å². The highest BCUT2D eigenvalue weighted by atomic mass is 19.4. The maximum absolute atomic E-state index is 12.1. The molecular weight excluding hydrogens is 268 g/mol. The monoisotopic (exact) mass is 286 g/mol. The fourth-order valence-electron chi connectivity index (χ4n) is 2.34. The molecule has 2 nitrogen and oxygen atoms in total. The van der Waals surface area contributed by atoms with Crippen molar-refractivity contribution in [3.8, 4) is 5.75 Å². The van der Waals surface area contributed by atoms with Crippen molar-refractivity contribution in [1.29, 1.82) is 0 Å². The van der Waals surface area contributed by atoms with Crippen LogP contribution in [0.3, 0.4) is 0 Å². The van der Waals surface area contributed by atoms with Crippen molar-refractivity contribution < 1.29 is 22.6 Å².